The van der Waals surface area contributed by atoms with E-state index in [1.165, 1.54) is 15.6 Å². The van der Waals surface area contributed by atoms with Gasteiger partial charge in [0.2, 0.25) is 0 Å². The quantitative estimate of drug-likeness (QED) is 0.793. The number of hydrogen-bond acceptors (Lipinski definition) is 2. The lowest BCUT2D eigenvalue weighted by atomic mass is 10.1. The first kappa shape index (κ1) is 11.7. The molecule has 0 amide bonds. The van der Waals surface area contributed by atoms with Gasteiger partial charge in [0.05, 0.1) is 0 Å². The topological polar surface area (TPSA) is 38.0 Å². The number of benzene rings is 1. The van der Waals surface area contributed by atoms with Crippen molar-refractivity contribution in [1.82, 2.24) is 5.32 Å². The van der Waals surface area contributed by atoms with Crippen LogP contribution in [-0.4, -0.2) is 13.1 Å². The average molecular weight is 257 g/mol. The Hall–Kier alpha value is -0.380. The first-order valence-corrected chi connectivity index (χ1v) is 5.69. The largest absolute Gasteiger partial charge is 0.330 e. The predicted octanol–water partition coefficient (Wildman–Crippen LogP) is 2.20. The Morgan fingerprint density at radius 2 is 2.21 bits per heavy atom. The molecule has 1 aromatic rings. The fourth-order valence-corrected chi connectivity index (χ4v) is 1.52. The summed E-state index contributed by atoms with van der Waals surface area (Å²) in [4.78, 5) is 0. The second-order valence-electron chi connectivity index (χ2n) is 3.40. The van der Waals surface area contributed by atoms with Gasteiger partial charge in [-0.05, 0) is 43.6 Å². The van der Waals surface area contributed by atoms with E-state index in [9.17, 15) is 0 Å². The summed E-state index contributed by atoms with van der Waals surface area (Å²) in [6, 6.07) is 6.42. The summed E-state index contributed by atoms with van der Waals surface area (Å²) >= 11 is 3.49. The van der Waals surface area contributed by atoms with Crippen LogP contribution in [0.25, 0.3) is 0 Å². The molecule has 0 spiro atoms. The molecule has 0 saturated carbocycles. The lowest BCUT2D eigenvalue weighted by Gasteiger charge is -2.05. The number of rotatable bonds is 5. The molecule has 0 bridgehead atoms. The van der Waals surface area contributed by atoms with Crippen molar-refractivity contribution in [2.75, 3.05) is 13.1 Å². The highest BCUT2D eigenvalue weighted by molar-refractivity contribution is 9.10. The highest BCUT2D eigenvalue weighted by Crippen LogP contribution is 2.16. The fraction of sp³-hybridized carbons (Fsp3) is 0.455. The highest BCUT2D eigenvalue weighted by atomic mass is 79.9. The van der Waals surface area contributed by atoms with Crippen LogP contribution < -0.4 is 11.1 Å². The van der Waals surface area contributed by atoms with E-state index in [2.05, 4.69) is 46.4 Å². The fourth-order valence-electron chi connectivity index (χ4n) is 1.28. The molecule has 78 valence electrons. The van der Waals surface area contributed by atoms with Crippen LogP contribution in [-0.2, 0) is 6.54 Å². The van der Waals surface area contributed by atoms with E-state index in [-0.39, 0.29) is 0 Å². The van der Waals surface area contributed by atoms with Crippen LogP contribution in [0, 0.1) is 6.92 Å². The van der Waals surface area contributed by atoms with E-state index in [0.29, 0.717) is 0 Å². The Morgan fingerprint density at radius 3 is 2.86 bits per heavy atom. The highest BCUT2D eigenvalue weighted by Gasteiger charge is 1.96. The number of nitrogens with two attached hydrogens (primary N) is 1. The van der Waals surface area contributed by atoms with Crippen LogP contribution in [0.1, 0.15) is 17.5 Å². The van der Waals surface area contributed by atoms with Gasteiger partial charge in [-0.15, -0.1) is 0 Å². The Labute approximate surface area is 94.0 Å². The van der Waals surface area contributed by atoms with Gasteiger partial charge < -0.3 is 11.1 Å². The van der Waals surface area contributed by atoms with E-state index in [1.54, 1.807) is 0 Å². The average Bonchev–Trinajstić information content (AvgIpc) is 2.18. The van der Waals surface area contributed by atoms with Crippen LogP contribution in [0.3, 0.4) is 0 Å². The molecule has 2 nitrogen and oxygen atoms in total. The van der Waals surface area contributed by atoms with Gasteiger partial charge >= 0.3 is 0 Å². The minimum absolute atomic E-state index is 0.756. The zero-order chi connectivity index (χ0) is 10.4. The third kappa shape index (κ3) is 3.78. The van der Waals surface area contributed by atoms with Crippen molar-refractivity contribution in [3.8, 4) is 0 Å². The molecule has 1 rings (SSSR count). The van der Waals surface area contributed by atoms with Gasteiger partial charge in [-0.2, -0.15) is 0 Å². The lowest BCUT2D eigenvalue weighted by molar-refractivity contribution is 0.655. The van der Waals surface area contributed by atoms with Gasteiger partial charge in [-0.1, -0.05) is 28.1 Å². The first-order valence-electron chi connectivity index (χ1n) is 4.90. The molecule has 0 aliphatic rings. The summed E-state index contributed by atoms with van der Waals surface area (Å²) in [7, 11) is 0. The SMILES string of the molecule is Cc1cc(CNCCCN)ccc1Br. The van der Waals surface area contributed by atoms with Gasteiger partial charge in [0, 0.05) is 11.0 Å². The van der Waals surface area contributed by atoms with Crippen LogP contribution >= 0.6 is 15.9 Å². The van der Waals surface area contributed by atoms with Crippen molar-refractivity contribution in [3.05, 3.63) is 33.8 Å². The van der Waals surface area contributed by atoms with Crippen molar-refractivity contribution >= 4 is 15.9 Å². The summed E-state index contributed by atoms with van der Waals surface area (Å²) < 4.78 is 1.17. The molecular formula is C11H17BrN2. The number of nitrogens with one attached hydrogen (secondary N) is 1. The molecule has 0 radical (unpaired) electrons. The molecule has 14 heavy (non-hydrogen) atoms. The molecule has 0 atom stereocenters. The summed E-state index contributed by atoms with van der Waals surface area (Å²) in [5.41, 5.74) is 8.01. The minimum atomic E-state index is 0.756. The van der Waals surface area contributed by atoms with Gasteiger partial charge in [-0.25, -0.2) is 0 Å². The Balaban J connectivity index is 2.39. The van der Waals surface area contributed by atoms with Crippen molar-refractivity contribution < 1.29 is 0 Å². The smallest absolute Gasteiger partial charge is 0.0205 e. The monoisotopic (exact) mass is 256 g/mol. The number of halogens is 1. The van der Waals surface area contributed by atoms with E-state index < -0.39 is 0 Å². The molecule has 0 aliphatic heterocycles. The normalized spacial score (nSPS) is 10.5. The van der Waals surface area contributed by atoms with Crippen molar-refractivity contribution in [2.24, 2.45) is 5.73 Å². The van der Waals surface area contributed by atoms with Crippen molar-refractivity contribution in [2.45, 2.75) is 19.9 Å². The summed E-state index contributed by atoms with van der Waals surface area (Å²) in [6.07, 6.45) is 1.04. The Kier molecular flexibility index (Phi) is 5.15. The summed E-state index contributed by atoms with van der Waals surface area (Å²) in [5.74, 6) is 0. The molecular weight excluding hydrogens is 240 g/mol. The maximum atomic E-state index is 5.41. The first-order chi connectivity index (χ1) is 6.74. The Morgan fingerprint density at radius 1 is 1.43 bits per heavy atom. The van der Waals surface area contributed by atoms with Crippen LogP contribution in [0.2, 0.25) is 0 Å². The summed E-state index contributed by atoms with van der Waals surface area (Å²) in [5, 5.41) is 3.35. The van der Waals surface area contributed by atoms with E-state index >= 15 is 0 Å². The maximum Gasteiger partial charge on any atom is 0.0205 e. The number of aryl methyl sites for hydroxylation is 1. The molecule has 3 heteroatoms. The minimum Gasteiger partial charge on any atom is -0.330 e. The molecule has 0 heterocycles. The van der Waals surface area contributed by atoms with Gasteiger partial charge in [-0.3, -0.25) is 0 Å². The molecule has 1 aromatic carbocycles. The molecule has 0 unspecified atom stereocenters. The second-order valence-corrected chi connectivity index (χ2v) is 4.26. The summed E-state index contributed by atoms with van der Waals surface area (Å²) in [6.45, 7) is 4.78. The molecule has 0 fully saturated rings. The lowest BCUT2D eigenvalue weighted by Crippen LogP contribution is -2.17. The molecule has 0 aliphatic carbocycles. The molecule has 0 saturated heterocycles. The van der Waals surface area contributed by atoms with Crippen molar-refractivity contribution in [1.29, 1.82) is 0 Å². The van der Waals surface area contributed by atoms with Crippen LogP contribution in [0.15, 0.2) is 22.7 Å². The maximum absolute atomic E-state index is 5.41. The third-order valence-electron chi connectivity index (χ3n) is 2.11. The van der Waals surface area contributed by atoms with Crippen LogP contribution in [0.5, 0.6) is 0 Å². The van der Waals surface area contributed by atoms with E-state index in [4.69, 9.17) is 5.73 Å². The zero-order valence-corrected chi connectivity index (χ0v) is 10.1. The predicted molar refractivity (Wildman–Crippen MR) is 64.3 cm³/mol. The van der Waals surface area contributed by atoms with Gasteiger partial charge in [0.15, 0.2) is 0 Å². The van der Waals surface area contributed by atoms with Crippen LogP contribution in [0.4, 0.5) is 0 Å². The standard InChI is InChI=1S/C11H17BrN2/c1-9-7-10(3-4-11(9)12)8-14-6-2-5-13/h3-4,7,14H,2,5-6,8,13H2,1H3. The second kappa shape index (κ2) is 6.17. The number of hydrogen-bond donors (Lipinski definition) is 2. The third-order valence-corrected chi connectivity index (χ3v) is 3.00. The van der Waals surface area contributed by atoms with E-state index in [0.717, 1.165) is 26.1 Å². The van der Waals surface area contributed by atoms with Crippen molar-refractivity contribution in [3.63, 3.8) is 0 Å². The zero-order valence-electron chi connectivity index (χ0n) is 8.52. The Bertz CT molecular complexity index is 287. The van der Waals surface area contributed by atoms with Gasteiger partial charge in [0.1, 0.15) is 0 Å². The van der Waals surface area contributed by atoms with Gasteiger partial charge in [0.25, 0.3) is 0 Å². The molecule has 0 aromatic heterocycles. The molecule has 3 N–H and O–H groups in total. The van der Waals surface area contributed by atoms with E-state index in [1.807, 2.05) is 0 Å².